The average Bonchev–Trinajstić information content (AvgIpc) is 2.99. The summed E-state index contributed by atoms with van der Waals surface area (Å²) in [5.41, 5.74) is 1.99. The number of benzene rings is 1. The summed E-state index contributed by atoms with van der Waals surface area (Å²) >= 11 is 0. The van der Waals surface area contributed by atoms with Crippen LogP contribution in [0.25, 0.3) is 16.6 Å². The first-order valence-corrected chi connectivity index (χ1v) is 10.9. The fraction of sp³-hybridized carbons (Fsp3) is 0.522. The molecule has 2 aromatic heterocycles. The second-order valence-corrected chi connectivity index (χ2v) is 8.86. The monoisotopic (exact) mass is 409 g/mol. The summed E-state index contributed by atoms with van der Waals surface area (Å²) in [7, 11) is 0. The van der Waals surface area contributed by atoms with Gasteiger partial charge in [-0.3, -0.25) is 14.3 Å². The van der Waals surface area contributed by atoms with Gasteiger partial charge in [0.2, 0.25) is 5.91 Å². The second kappa shape index (κ2) is 8.60. The van der Waals surface area contributed by atoms with Crippen molar-refractivity contribution in [2.45, 2.75) is 40.2 Å². The molecule has 1 amide bonds. The van der Waals surface area contributed by atoms with Crippen LogP contribution >= 0.6 is 0 Å². The Balaban J connectivity index is 1.42. The number of likely N-dealkylation sites (tertiary alicyclic amines) is 1. The van der Waals surface area contributed by atoms with Crippen LogP contribution in [0.15, 0.2) is 35.1 Å². The summed E-state index contributed by atoms with van der Waals surface area (Å²) < 4.78 is 3.76. The minimum atomic E-state index is -0.263. The maximum Gasteiger partial charge on any atom is 0.273 e. The van der Waals surface area contributed by atoms with Gasteiger partial charge in [0, 0.05) is 36.8 Å². The van der Waals surface area contributed by atoms with Crippen LogP contribution in [-0.4, -0.2) is 51.2 Å². The Hall–Kier alpha value is -2.67. The number of para-hydroxylation sites is 1. The normalized spacial score (nSPS) is 20.1. The fourth-order valence-corrected chi connectivity index (χ4v) is 4.92. The summed E-state index contributed by atoms with van der Waals surface area (Å²) in [4.78, 5) is 31.3. The van der Waals surface area contributed by atoms with Crippen molar-refractivity contribution in [3.8, 4) is 0 Å². The van der Waals surface area contributed by atoms with E-state index in [9.17, 15) is 9.59 Å². The van der Waals surface area contributed by atoms with E-state index in [0.717, 1.165) is 54.5 Å². The van der Waals surface area contributed by atoms with Gasteiger partial charge in [-0.1, -0.05) is 26.0 Å². The predicted octanol–water partition coefficient (Wildman–Crippen LogP) is 2.44. The third-order valence-electron chi connectivity index (χ3n) is 5.96. The lowest BCUT2D eigenvalue weighted by Crippen LogP contribution is -2.40. The number of carbonyl (C=O) groups excluding carboxylic acids is 1. The molecule has 1 aromatic carbocycles. The van der Waals surface area contributed by atoms with Crippen LogP contribution in [0, 0.1) is 18.8 Å². The first-order valence-electron chi connectivity index (χ1n) is 10.9. The molecule has 3 heterocycles. The molecule has 4 rings (SSSR count). The van der Waals surface area contributed by atoms with Crippen LogP contribution in [0.5, 0.6) is 0 Å². The topological polar surface area (TPSA) is 71.6 Å². The Kier molecular flexibility index (Phi) is 5.90. The molecule has 7 heteroatoms. The molecule has 2 atom stereocenters. The third kappa shape index (κ3) is 4.26. The lowest BCUT2D eigenvalue weighted by atomic mass is 9.92. The van der Waals surface area contributed by atoms with Gasteiger partial charge in [-0.25, -0.2) is 4.52 Å². The smallest absolute Gasteiger partial charge is 0.273 e. The van der Waals surface area contributed by atoms with E-state index in [4.69, 9.17) is 0 Å². The van der Waals surface area contributed by atoms with Gasteiger partial charge in [0.15, 0.2) is 5.65 Å². The van der Waals surface area contributed by atoms with E-state index < -0.39 is 0 Å². The maximum atomic E-state index is 12.7. The summed E-state index contributed by atoms with van der Waals surface area (Å²) in [6, 6.07) is 9.25. The average molecular weight is 410 g/mol. The highest BCUT2D eigenvalue weighted by atomic mass is 16.2. The number of hydrogen-bond acceptors (Lipinski definition) is 4. The number of hydrogen-bond donors (Lipinski definition) is 1. The molecular formula is C23H31N5O2. The van der Waals surface area contributed by atoms with Crippen molar-refractivity contribution < 1.29 is 4.79 Å². The van der Waals surface area contributed by atoms with Crippen LogP contribution in [-0.2, 0) is 11.3 Å². The van der Waals surface area contributed by atoms with E-state index in [-0.39, 0.29) is 18.0 Å². The van der Waals surface area contributed by atoms with Gasteiger partial charge < -0.3 is 10.2 Å². The molecule has 0 bridgehead atoms. The number of carbonyl (C=O) groups is 1. The third-order valence-corrected chi connectivity index (χ3v) is 5.96. The zero-order valence-electron chi connectivity index (χ0n) is 18.1. The standard InChI is InChI=1S/C23H31N5O2/c1-16-11-17(2)14-26(13-16)10-6-9-24-22(30)15-27-20-8-5-4-7-19(20)23-25-21(29)12-18(3)28(23)27/h4-5,7-8,12,16-17H,6,9-11,13-15H2,1-3H3,(H,24,30)/t16-,17+. The molecule has 0 spiro atoms. The Labute approximate surface area is 176 Å². The highest BCUT2D eigenvalue weighted by molar-refractivity contribution is 5.93. The summed E-state index contributed by atoms with van der Waals surface area (Å²) in [6.07, 6.45) is 2.26. The highest BCUT2D eigenvalue weighted by Crippen LogP contribution is 2.22. The van der Waals surface area contributed by atoms with E-state index in [1.807, 2.05) is 40.4 Å². The largest absolute Gasteiger partial charge is 0.354 e. The molecule has 0 radical (unpaired) electrons. The van der Waals surface area contributed by atoms with E-state index in [0.29, 0.717) is 12.2 Å². The molecule has 7 nitrogen and oxygen atoms in total. The van der Waals surface area contributed by atoms with Crippen LogP contribution in [0.2, 0.25) is 0 Å². The molecule has 1 aliphatic heterocycles. The van der Waals surface area contributed by atoms with Gasteiger partial charge >= 0.3 is 0 Å². The minimum absolute atomic E-state index is 0.0314. The van der Waals surface area contributed by atoms with Crippen molar-refractivity contribution in [1.29, 1.82) is 0 Å². The predicted molar refractivity (Wildman–Crippen MR) is 119 cm³/mol. The lowest BCUT2D eigenvalue weighted by Gasteiger charge is -2.34. The van der Waals surface area contributed by atoms with Crippen LogP contribution in [0.1, 0.15) is 32.4 Å². The molecule has 160 valence electrons. The van der Waals surface area contributed by atoms with E-state index >= 15 is 0 Å². The highest BCUT2D eigenvalue weighted by Gasteiger charge is 2.21. The molecule has 3 aromatic rings. The number of amides is 1. The number of nitrogens with zero attached hydrogens (tertiary/aromatic N) is 4. The zero-order valence-corrected chi connectivity index (χ0v) is 18.1. The zero-order chi connectivity index (χ0) is 21.3. The molecular weight excluding hydrogens is 378 g/mol. The molecule has 1 aliphatic rings. The number of nitrogens with one attached hydrogen (secondary N) is 1. The number of aryl methyl sites for hydroxylation is 1. The lowest BCUT2D eigenvalue weighted by molar-refractivity contribution is -0.121. The van der Waals surface area contributed by atoms with Gasteiger partial charge in [-0.2, -0.15) is 4.98 Å². The first kappa shape index (κ1) is 20.6. The Morgan fingerprint density at radius 1 is 1.20 bits per heavy atom. The van der Waals surface area contributed by atoms with Crippen molar-refractivity contribution >= 4 is 22.5 Å². The van der Waals surface area contributed by atoms with Gasteiger partial charge in [0.05, 0.1) is 5.52 Å². The summed E-state index contributed by atoms with van der Waals surface area (Å²) in [6.45, 7) is 10.7. The van der Waals surface area contributed by atoms with Crippen LogP contribution in [0.3, 0.4) is 0 Å². The molecule has 0 unspecified atom stereocenters. The Bertz CT molecular complexity index is 1110. The molecule has 1 N–H and O–H groups in total. The molecule has 1 saturated heterocycles. The fourth-order valence-electron chi connectivity index (χ4n) is 4.92. The van der Waals surface area contributed by atoms with Gasteiger partial charge in [-0.05, 0) is 50.3 Å². The molecule has 30 heavy (non-hydrogen) atoms. The number of piperidine rings is 1. The number of rotatable bonds is 6. The Morgan fingerprint density at radius 3 is 2.70 bits per heavy atom. The van der Waals surface area contributed by atoms with Crippen LogP contribution < -0.4 is 10.9 Å². The van der Waals surface area contributed by atoms with Gasteiger partial charge in [0.1, 0.15) is 6.54 Å². The SMILES string of the molecule is Cc1cc(=O)nc2c3ccccc3n(CC(=O)NCCCN3C[C@H](C)C[C@H](C)C3)n12. The van der Waals surface area contributed by atoms with Gasteiger partial charge in [-0.15, -0.1) is 0 Å². The van der Waals surface area contributed by atoms with Crippen molar-refractivity contribution in [3.05, 3.63) is 46.4 Å². The first-order chi connectivity index (χ1) is 14.4. The summed E-state index contributed by atoms with van der Waals surface area (Å²) in [5.74, 6) is 1.47. The van der Waals surface area contributed by atoms with Crippen molar-refractivity contribution in [1.82, 2.24) is 24.4 Å². The van der Waals surface area contributed by atoms with E-state index in [1.165, 1.54) is 12.5 Å². The number of fused-ring (bicyclic) bond motifs is 3. The second-order valence-electron chi connectivity index (χ2n) is 8.86. The van der Waals surface area contributed by atoms with Crippen LogP contribution in [0.4, 0.5) is 0 Å². The Morgan fingerprint density at radius 2 is 1.93 bits per heavy atom. The van der Waals surface area contributed by atoms with Crippen molar-refractivity contribution in [2.75, 3.05) is 26.2 Å². The maximum absolute atomic E-state index is 12.7. The quantitative estimate of drug-likeness (QED) is 0.635. The van der Waals surface area contributed by atoms with E-state index in [1.54, 1.807) is 0 Å². The number of aromatic nitrogens is 3. The summed E-state index contributed by atoms with van der Waals surface area (Å²) in [5, 5.41) is 3.94. The van der Waals surface area contributed by atoms with Crippen molar-refractivity contribution in [2.24, 2.45) is 11.8 Å². The van der Waals surface area contributed by atoms with Gasteiger partial charge in [0.25, 0.3) is 5.56 Å². The van der Waals surface area contributed by atoms with E-state index in [2.05, 4.69) is 29.0 Å². The molecule has 0 aliphatic carbocycles. The molecule has 0 saturated carbocycles. The molecule has 1 fully saturated rings. The minimum Gasteiger partial charge on any atom is -0.354 e. The van der Waals surface area contributed by atoms with Crippen molar-refractivity contribution in [3.63, 3.8) is 0 Å².